The Kier molecular flexibility index (Phi) is 7.55. The summed E-state index contributed by atoms with van der Waals surface area (Å²) in [4.78, 5) is 16.9. The van der Waals surface area contributed by atoms with Crippen molar-refractivity contribution in [2.75, 3.05) is 7.05 Å². The van der Waals surface area contributed by atoms with E-state index >= 15 is 0 Å². The van der Waals surface area contributed by atoms with Crippen LogP contribution in [0.15, 0.2) is 59.4 Å². The number of halogens is 4. The summed E-state index contributed by atoms with van der Waals surface area (Å²) in [6, 6.07) is 9.67. The lowest BCUT2D eigenvalue weighted by molar-refractivity contribution is -0.0498. The van der Waals surface area contributed by atoms with Gasteiger partial charge >= 0.3 is 12.7 Å². The van der Waals surface area contributed by atoms with E-state index in [4.69, 9.17) is 23.2 Å². The number of likely N-dealkylation sites (N-methyl/N-ethyl adjacent to an activating group) is 1. The molecule has 0 radical (unpaired) electrons. The van der Waals surface area contributed by atoms with Crippen molar-refractivity contribution in [2.45, 2.75) is 12.7 Å². The molecule has 172 valence electrons. The van der Waals surface area contributed by atoms with Crippen LogP contribution in [0, 0.1) is 11.5 Å². The van der Waals surface area contributed by atoms with Crippen LogP contribution in [-0.2, 0) is 0 Å². The lowest BCUT2D eigenvalue weighted by Gasteiger charge is -2.23. The number of nitrogens with zero attached hydrogens (tertiary/aromatic N) is 4. The molecule has 33 heavy (non-hydrogen) atoms. The molecule has 1 aliphatic rings. The standard InChI is InChI=1S/C20H16Cl2F2N6O3/c1-29(20(31)32)16-9-30(28-17(16)11-5-6-14(21)15(22)7-11)19(26-10-25)27-12-3-2-4-13(8-12)33-18(23)24/h2-9,17-18,28H,1H3,(H,26,27)(H,31,32). The van der Waals surface area contributed by atoms with Crippen LogP contribution in [-0.4, -0.2) is 40.7 Å². The summed E-state index contributed by atoms with van der Waals surface area (Å²) in [6.45, 7) is -3.01. The van der Waals surface area contributed by atoms with Crippen molar-refractivity contribution in [1.29, 1.82) is 5.26 Å². The monoisotopic (exact) mass is 496 g/mol. The van der Waals surface area contributed by atoms with Gasteiger partial charge in [-0.05, 0) is 29.8 Å². The number of aliphatic imine (C=N–C) groups is 1. The summed E-state index contributed by atoms with van der Waals surface area (Å²) in [6.07, 6.45) is 1.94. The molecule has 0 spiro atoms. The molecule has 0 saturated carbocycles. The second-order valence-corrected chi connectivity index (χ2v) is 7.36. The average Bonchev–Trinajstić information content (AvgIpc) is 3.20. The summed E-state index contributed by atoms with van der Waals surface area (Å²) in [5.41, 5.74) is 4.12. The molecular formula is C20H16Cl2F2N6O3. The minimum atomic E-state index is -3.01. The van der Waals surface area contributed by atoms with Gasteiger partial charge in [0.25, 0.3) is 0 Å². The van der Waals surface area contributed by atoms with Gasteiger partial charge in [0.2, 0.25) is 5.96 Å². The summed E-state index contributed by atoms with van der Waals surface area (Å²) in [5.74, 6) is -0.169. The van der Waals surface area contributed by atoms with Gasteiger partial charge in [0.1, 0.15) is 5.75 Å². The number of carbonyl (C=O) groups is 1. The maximum absolute atomic E-state index is 12.5. The Balaban J connectivity index is 1.99. The number of benzene rings is 2. The molecule has 3 N–H and O–H groups in total. The van der Waals surface area contributed by atoms with Gasteiger partial charge in [-0.15, -0.1) is 0 Å². The summed E-state index contributed by atoms with van der Waals surface area (Å²) >= 11 is 12.1. The van der Waals surface area contributed by atoms with Crippen LogP contribution in [0.1, 0.15) is 11.6 Å². The largest absolute Gasteiger partial charge is 0.465 e. The molecule has 1 aliphatic heterocycles. The fourth-order valence-electron chi connectivity index (χ4n) is 2.94. The first kappa shape index (κ1) is 24.1. The molecule has 0 fully saturated rings. The number of hydrogen-bond donors (Lipinski definition) is 3. The van der Waals surface area contributed by atoms with Gasteiger partial charge < -0.3 is 9.84 Å². The minimum absolute atomic E-state index is 0.0504. The van der Waals surface area contributed by atoms with Crippen LogP contribution in [0.25, 0.3) is 0 Å². The summed E-state index contributed by atoms with van der Waals surface area (Å²) in [5, 5.41) is 23.0. The number of hydrazine groups is 1. The third-order valence-electron chi connectivity index (χ3n) is 4.45. The smallest absolute Gasteiger partial charge is 0.411 e. The quantitative estimate of drug-likeness (QED) is 0.238. The number of carboxylic acid groups (broad SMARTS) is 1. The van der Waals surface area contributed by atoms with Crippen molar-refractivity contribution in [1.82, 2.24) is 20.7 Å². The highest BCUT2D eigenvalue weighted by atomic mass is 35.5. The van der Waals surface area contributed by atoms with Gasteiger partial charge in [0.15, 0.2) is 6.19 Å². The highest BCUT2D eigenvalue weighted by Gasteiger charge is 2.33. The Morgan fingerprint density at radius 1 is 1.33 bits per heavy atom. The van der Waals surface area contributed by atoms with Crippen LogP contribution in [0.5, 0.6) is 5.75 Å². The average molecular weight is 497 g/mol. The Hall–Kier alpha value is -3.59. The van der Waals surface area contributed by atoms with E-state index in [0.717, 1.165) is 4.90 Å². The molecule has 1 atom stereocenters. The number of amides is 1. The van der Waals surface area contributed by atoms with Crippen LogP contribution < -0.4 is 15.5 Å². The third kappa shape index (κ3) is 5.81. The molecule has 1 amide bonds. The number of hydrogen-bond acceptors (Lipinski definition) is 5. The predicted octanol–water partition coefficient (Wildman–Crippen LogP) is 4.67. The van der Waals surface area contributed by atoms with Crippen molar-refractivity contribution in [3.8, 4) is 11.9 Å². The molecule has 9 nitrogen and oxygen atoms in total. The SMILES string of the molecule is CN(C(=O)O)C1=CN(C(=Nc2cccc(OC(F)F)c2)NC#N)NC1c1ccc(Cl)c(Cl)c1. The van der Waals surface area contributed by atoms with Crippen LogP contribution >= 0.6 is 23.2 Å². The van der Waals surface area contributed by atoms with E-state index in [2.05, 4.69) is 20.5 Å². The van der Waals surface area contributed by atoms with Crippen molar-refractivity contribution in [3.05, 3.63) is 70.0 Å². The van der Waals surface area contributed by atoms with Gasteiger partial charge in [-0.2, -0.15) is 14.0 Å². The van der Waals surface area contributed by atoms with E-state index in [9.17, 15) is 23.9 Å². The van der Waals surface area contributed by atoms with Gasteiger partial charge in [0, 0.05) is 19.3 Å². The Labute approximate surface area is 197 Å². The lowest BCUT2D eigenvalue weighted by atomic mass is 10.1. The van der Waals surface area contributed by atoms with E-state index < -0.39 is 18.7 Å². The maximum Gasteiger partial charge on any atom is 0.411 e. The zero-order valence-electron chi connectivity index (χ0n) is 16.8. The molecule has 0 aromatic heterocycles. The highest BCUT2D eigenvalue weighted by Crippen LogP contribution is 2.33. The van der Waals surface area contributed by atoms with Crippen LogP contribution in [0.3, 0.4) is 0 Å². The zero-order chi connectivity index (χ0) is 24.1. The number of nitriles is 1. The first-order valence-electron chi connectivity index (χ1n) is 9.17. The number of alkyl halides is 2. The second kappa shape index (κ2) is 10.4. The fourth-order valence-corrected chi connectivity index (χ4v) is 3.25. The third-order valence-corrected chi connectivity index (χ3v) is 5.19. The van der Waals surface area contributed by atoms with Crippen molar-refractivity contribution in [3.63, 3.8) is 0 Å². The van der Waals surface area contributed by atoms with E-state index in [1.165, 1.54) is 42.5 Å². The molecule has 1 unspecified atom stereocenters. The normalized spacial score (nSPS) is 15.8. The molecule has 2 aromatic carbocycles. The van der Waals surface area contributed by atoms with Crippen molar-refractivity contribution >= 4 is 40.9 Å². The van der Waals surface area contributed by atoms with Gasteiger partial charge in [-0.3, -0.25) is 10.2 Å². The van der Waals surface area contributed by atoms with Crippen molar-refractivity contribution in [2.24, 2.45) is 4.99 Å². The number of nitrogens with one attached hydrogen (secondary N) is 2. The van der Waals surface area contributed by atoms with E-state index in [1.54, 1.807) is 24.4 Å². The maximum atomic E-state index is 12.5. The zero-order valence-corrected chi connectivity index (χ0v) is 18.3. The molecule has 2 aromatic rings. The minimum Gasteiger partial charge on any atom is -0.465 e. The Morgan fingerprint density at radius 2 is 2.09 bits per heavy atom. The van der Waals surface area contributed by atoms with E-state index in [-0.39, 0.29) is 22.4 Å². The summed E-state index contributed by atoms with van der Waals surface area (Å²) in [7, 11) is 1.35. The molecule has 0 aliphatic carbocycles. The lowest BCUT2D eigenvalue weighted by Crippen LogP contribution is -2.42. The molecule has 3 rings (SSSR count). The van der Waals surface area contributed by atoms with Crippen LogP contribution in [0.4, 0.5) is 19.3 Å². The second-order valence-electron chi connectivity index (χ2n) is 6.55. The first-order valence-corrected chi connectivity index (χ1v) is 9.92. The number of ether oxygens (including phenoxy) is 1. The van der Waals surface area contributed by atoms with Crippen LogP contribution in [0.2, 0.25) is 10.0 Å². The van der Waals surface area contributed by atoms with Gasteiger partial charge in [-0.25, -0.2) is 20.2 Å². The molecule has 1 heterocycles. The van der Waals surface area contributed by atoms with E-state index in [0.29, 0.717) is 16.3 Å². The molecular weight excluding hydrogens is 481 g/mol. The Morgan fingerprint density at radius 3 is 2.73 bits per heavy atom. The topological polar surface area (TPSA) is 113 Å². The molecule has 0 bridgehead atoms. The predicted molar refractivity (Wildman–Crippen MR) is 117 cm³/mol. The fraction of sp³-hybridized carbons (Fsp3) is 0.150. The van der Waals surface area contributed by atoms with Crippen molar-refractivity contribution < 1.29 is 23.4 Å². The number of rotatable bonds is 5. The van der Waals surface area contributed by atoms with Gasteiger partial charge in [-0.1, -0.05) is 35.3 Å². The van der Waals surface area contributed by atoms with Gasteiger partial charge in [0.05, 0.1) is 27.5 Å². The van der Waals surface area contributed by atoms with E-state index in [1.807, 2.05) is 0 Å². The summed E-state index contributed by atoms with van der Waals surface area (Å²) < 4.78 is 29.4. The number of guanidine groups is 1. The highest BCUT2D eigenvalue weighted by molar-refractivity contribution is 6.42. The molecule has 13 heteroatoms. The first-order chi connectivity index (χ1) is 15.7. The Bertz CT molecular complexity index is 1150. The molecule has 0 saturated heterocycles.